The van der Waals surface area contributed by atoms with E-state index >= 15 is 0 Å². The lowest BCUT2D eigenvalue weighted by Gasteiger charge is -2.37. The number of quaternary nitrogens is 1. The number of nitrogens with zero attached hydrogens (tertiary/aromatic N) is 1. The molecule has 0 heterocycles. The molecule has 0 spiro atoms. The molecule has 1 unspecified atom stereocenters. The van der Waals surface area contributed by atoms with Crippen LogP contribution < -0.4 is 24.0 Å². The van der Waals surface area contributed by atoms with E-state index in [0.717, 1.165) is 4.48 Å². The number of allylic oxidation sites excluding steroid dienone is 2. The van der Waals surface area contributed by atoms with Crippen molar-refractivity contribution in [2.75, 3.05) is 27.7 Å². The normalized spacial score (nSPS) is 29.9. The van der Waals surface area contributed by atoms with Gasteiger partial charge in [-0.3, -0.25) is 0 Å². The Kier molecular flexibility index (Phi) is 6.41. The summed E-state index contributed by atoms with van der Waals surface area (Å²) < 4.78 is 1.10. The first-order valence-electron chi connectivity index (χ1n) is 5.87. The van der Waals surface area contributed by atoms with Crippen molar-refractivity contribution in [1.82, 2.24) is 0 Å². The van der Waals surface area contributed by atoms with Crippen LogP contribution >= 0.6 is 0 Å². The Labute approximate surface area is 113 Å². The lowest BCUT2D eigenvalue weighted by molar-refractivity contribution is -0.877. The van der Waals surface area contributed by atoms with Crippen molar-refractivity contribution in [1.29, 1.82) is 0 Å². The summed E-state index contributed by atoms with van der Waals surface area (Å²) in [6, 6.07) is 0. The number of halogens is 1. The van der Waals surface area contributed by atoms with Gasteiger partial charge in [0.05, 0.1) is 27.7 Å². The lowest BCUT2D eigenvalue weighted by Crippen LogP contribution is -3.00. The maximum atomic E-state index is 2.47. The van der Waals surface area contributed by atoms with Crippen molar-refractivity contribution in [2.45, 2.75) is 39.0 Å². The molecule has 90 valence electrons. The van der Waals surface area contributed by atoms with Gasteiger partial charge in [0.15, 0.2) is 0 Å². The molecule has 0 aromatic heterocycles. The summed E-state index contributed by atoms with van der Waals surface area (Å²) in [6.45, 7) is 3.77. The molecule has 1 atom stereocenters. The van der Waals surface area contributed by atoms with Gasteiger partial charge in [0, 0.05) is 5.41 Å². The summed E-state index contributed by atoms with van der Waals surface area (Å²) in [5, 5.41) is 0. The fraction of sp³-hybridized carbons (Fsp3) is 0.846. The molecule has 0 amide bonds. The van der Waals surface area contributed by atoms with Gasteiger partial charge in [0.2, 0.25) is 0 Å². The van der Waals surface area contributed by atoms with E-state index in [1.807, 2.05) is 0 Å². The van der Waals surface area contributed by atoms with E-state index in [1.54, 1.807) is 0 Å². The van der Waals surface area contributed by atoms with E-state index in [4.69, 9.17) is 0 Å². The molecule has 0 saturated heterocycles. The molecule has 1 aliphatic rings. The van der Waals surface area contributed by atoms with Gasteiger partial charge < -0.3 is 28.5 Å². The Bertz CT molecular complexity index is 205. The Hall–Kier alpha value is 0.430. The summed E-state index contributed by atoms with van der Waals surface area (Å²) >= 11 is 0. The zero-order valence-corrected chi connectivity index (χ0v) is 12.9. The summed E-state index contributed by atoms with van der Waals surface area (Å²) in [4.78, 5) is 0. The molecule has 1 rings (SSSR count). The first kappa shape index (κ1) is 15.4. The van der Waals surface area contributed by atoms with Crippen LogP contribution in [0.1, 0.15) is 39.0 Å². The van der Waals surface area contributed by atoms with Crippen molar-refractivity contribution in [3.63, 3.8) is 0 Å². The first-order valence-corrected chi connectivity index (χ1v) is 5.87. The maximum Gasteiger partial charge on any atom is 0.0834 e. The van der Waals surface area contributed by atoms with Crippen LogP contribution in [0, 0.1) is 5.41 Å². The highest BCUT2D eigenvalue weighted by Gasteiger charge is 2.30. The molecule has 1 nitrogen and oxygen atoms in total. The molecule has 0 fully saturated rings. The van der Waals surface area contributed by atoms with E-state index in [0.29, 0.717) is 5.41 Å². The van der Waals surface area contributed by atoms with Crippen LogP contribution in [0.3, 0.4) is 0 Å². The average Bonchev–Trinajstić information content (AvgIpc) is 1.95. The van der Waals surface area contributed by atoms with Gasteiger partial charge in [-0.1, -0.05) is 19.1 Å². The number of hydrogen-bond donors (Lipinski definition) is 0. The zero-order valence-electron chi connectivity index (χ0n) is 10.7. The Balaban J connectivity index is 0.00000196. The Morgan fingerprint density at radius 1 is 1.07 bits per heavy atom. The highest BCUT2D eigenvalue weighted by Crippen LogP contribution is 2.33. The summed E-state index contributed by atoms with van der Waals surface area (Å²) in [5.74, 6) is 0. The van der Waals surface area contributed by atoms with E-state index in [2.05, 4.69) is 40.2 Å². The second-order valence-electron chi connectivity index (χ2n) is 6.16. The molecule has 0 aromatic rings. The highest BCUT2D eigenvalue weighted by molar-refractivity contribution is 4.88. The van der Waals surface area contributed by atoms with E-state index in [-0.39, 0.29) is 24.0 Å². The van der Waals surface area contributed by atoms with Crippen LogP contribution in [0.25, 0.3) is 0 Å². The van der Waals surface area contributed by atoms with Crippen LogP contribution in [0.2, 0.25) is 0 Å². The van der Waals surface area contributed by atoms with E-state index in [9.17, 15) is 0 Å². The predicted molar refractivity (Wildman–Crippen MR) is 63.2 cm³/mol. The smallest absolute Gasteiger partial charge is 0.0834 e. The fourth-order valence-electron chi connectivity index (χ4n) is 2.74. The van der Waals surface area contributed by atoms with Gasteiger partial charge in [-0.05, 0) is 32.1 Å². The maximum absolute atomic E-state index is 2.47. The molecule has 0 aromatic carbocycles. The molecule has 0 aliphatic heterocycles. The minimum absolute atomic E-state index is 0. The van der Waals surface area contributed by atoms with E-state index < -0.39 is 0 Å². The topological polar surface area (TPSA) is 0 Å². The van der Waals surface area contributed by atoms with Gasteiger partial charge >= 0.3 is 0 Å². The van der Waals surface area contributed by atoms with Gasteiger partial charge in [-0.25, -0.2) is 0 Å². The Morgan fingerprint density at radius 2 is 1.67 bits per heavy atom. The van der Waals surface area contributed by atoms with E-state index in [1.165, 1.54) is 38.6 Å². The number of rotatable bonds is 2. The third kappa shape index (κ3) is 6.56. The van der Waals surface area contributed by atoms with Gasteiger partial charge in [-0.15, -0.1) is 0 Å². The summed E-state index contributed by atoms with van der Waals surface area (Å²) in [6.07, 6.45) is 11.4. The third-order valence-corrected chi connectivity index (χ3v) is 3.09. The summed E-state index contributed by atoms with van der Waals surface area (Å²) in [7, 11) is 6.92. The highest BCUT2D eigenvalue weighted by atomic mass is 127. The molecule has 0 bridgehead atoms. The molecular formula is C13H26IN. The van der Waals surface area contributed by atoms with Gasteiger partial charge in [0.1, 0.15) is 0 Å². The van der Waals surface area contributed by atoms with Crippen molar-refractivity contribution in [3.05, 3.63) is 12.2 Å². The Morgan fingerprint density at radius 3 is 2.27 bits per heavy atom. The zero-order chi connectivity index (χ0) is 10.7. The number of hydrogen-bond acceptors (Lipinski definition) is 0. The van der Waals surface area contributed by atoms with Crippen molar-refractivity contribution in [2.24, 2.45) is 5.41 Å². The van der Waals surface area contributed by atoms with Crippen LogP contribution in [-0.4, -0.2) is 32.2 Å². The van der Waals surface area contributed by atoms with Crippen molar-refractivity contribution in [3.8, 4) is 0 Å². The quantitative estimate of drug-likeness (QED) is 0.388. The van der Waals surface area contributed by atoms with Crippen molar-refractivity contribution < 1.29 is 28.5 Å². The van der Waals surface area contributed by atoms with Crippen LogP contribution in [0.5, 0.6) is 0 Å². The van der Waals surface area contributed by atoms with Crippen LogP contribution in [-0.2, 0) is 0 Å². The minimum atomic E-state index is 0. The van der Waals surface area contributed by atoms with Crippen molar-refractivity contribution >= 4 is 0 Å². The van der Waals surface area contributed by atoms with Crippen LogP contribution in [0.15, 0.2) is 12.2 Å². The molecule has 0 saturated carbocycles. The lowest BCUT2D eigenvalue weighted by atomic mass is 9.78. The van der Waals surface area contributed by atoms with Crippen LogP contribution in [0.4, 0.5) is 0 Å². The largest absolute Gasteiger partial charge is 1.00 e. The third-order valence-electron chi connectivity index (χ3n) is 3.09. The second kappa shape index (κ2) is 6.24. The minimum Gasteiger partial charge on any atom is -1.00 e. The standard InChI is InChI=1S/C13H26N.HI/c1-13(12-14(2,3)4)10-8-6-5-7-9-11-13;/h5-6H,7-12H2,1-4H3;1H/q+1;/p-1/b6-5-;. The SMILES string of the molecule is CC1(C[N+](C)(C)C)CC/C=C\CCC1.[I-]. The monoisotopic (exact) mass is 323 g/mol. The molecular weight excluding hydrogens is 297 g/mol. The van der Waals surface area contributed by atoms with Gasteiger partial charge in [-0.2, -0.15) is 0 Å². The van der Waals surface area contributed by atoms with Gasteiger partial charge in [0.25, 0.3) is 0 Å². The second-order valence-corrected chi connectivity index (χ2v) is 6.16. The predicted octanol–water partition coefficient (Wildman–Crippen LogP) is 0.223. The molecule has 1 aliphatic carbocycles. The average molecular weight is 323 g/mol. The fourth-order valence-corrected chi connectivity index (χ4v) is 2.74. The molecule has 2 heteroatoms. The molecule has 15 heavy (non-hydrogen) atoms. The molecule has 0 N–H and O–H groups in total. The summed E-state index contributed by atoms with van der Waals surface area (Å²) in [5.41, 5.74) is 0.559. The first-order chi connectivity index (χ1) is 6.41. The molecule has 0 radical (unpaired) electrons.